The zero-order valence-corrected chi connectivity index (χ0v) is 44.4. The van der Waals surface area contributed by atoms with Crippen molar-refractivity contribution >= 4 is 45.3 Å². The van der Waals surface area contributed by atoms with Crippen molar-refractivity contribution in [2.75, 3.05) is 38.7 Å². The highest BCUT2D eigenvalue weighted by Gasteiger charge is 2.35. The molecule has 4 aliphatic rings. The van der Waals surface area contributed by atoms with Gasteiger partial charge in [-0.2, -0.15) is 10.2 Å². The van der Waals surface area contributed by atoms with E-state index < -0.39 is 0 Å². The molecule has 0 aliphatic heterocycles. The molecule has 406 valence electrons. The van der Waals surface area contributed by atoms with Gasteiger partial charge in [0.15, 0.2) is 22.9 Å². The Morgan fingerprint density at radius 3 is 1.39 bits per heavy atom. The fourth-order valence-corrected chi connectivity index (χ4v) is 11.1. The smallest absolute Gasteiger partial charge is 0.164 e. The predicted molar refractivity (Wildman–Crippen MR) is 300 cm³/mol. The molecule has 4 saturated carbocycles. The number of ketones is 2. The van der Waals surface area contributed by atoms with Crippen LogP contribution in [-0.2, 0) is 9.59 Å². The number of allylic oxidation sites excluding steroid dienone is 2. The van der Waals surface area contributed by atoms with Crippen LogP contribution in [0, 0.1) is 23.5 Å². The summed E-state index contributed by atoms with van der Waals surface area (Å²) in [7, 11) is 4.24. The summed E-state index contributed by atoms with van der Waals surface area (Å²) in [5, 5.41) is 11.3. The molecular formula is C61H64F2N12O4. The molecule has 4 fully saturated rings. The van der Waals surface area contributed by atoms with Gasteiger partial charge in [0.25, 0.3) is 0 Å². The summed E-state index contributed by atoms with van der Waals surface area (Å²) in [5.74, 6) is 2.30. The minimum Gasteiger partial charge on any atom is -0.457 e. The standard InChI is InChI=1S/C31H33FN6O2.C30H31FN6O2/c1-37(23-6-3-7-23)16-4-9-27(39)21-10-13-24(17-21)38-31-28(30(33)34-19-35-31)29(36-38)20-11-14-25(15-12-20)40-26-8-2-5-22(32)18-26;1-36(22-11-12-22)15-3-6-26(38)20-7-10-23(16-20)37-30-27(29(32)33-18-34-30)28(35-37)19-8-13-24(14-9-19)39-25-5-2-4-21(31)17-25/h2,4-5,8-9,11-12,14-15,18-19,21,23-24H,3,6-7,10,13,16-17H2,1H3,(H2,33,34,35);2-6,8-9,13-14,17-18,20,22-23H,7,10-12,15-16H2,1H3,(H2,32,33,34)/b9-4+;6-3+/t21?,24-;20?,23-/m11/s1. The topological polar surface area (TPSA) is 198 Å². The summed E-state index contributed by atoms with van der Waals surface area (Å²) in [6, 6.07) is 28.2. The lowest BCUT2D eigenvalue weighted by molar-refractivity contribution is -0.118. The fraction of sp³-hybridized carbons (Fsp3) is 0.344. The van der Waals surface area contributed by atoms with Crippen molar-refractivity contribution in [1.29, 1.82) is 0 Å². The summed E-state index contributed by atoms with van der Waals surface area (Å²) in [6.07, 6.45) is 21.5. The number of nitrogens with two attached hydrogens (primary N) is 2. The molecule has 8 aromatic rings. The summed E-state index contributed by atoms with van der Waals surface area (Å²) in [4.78, 5) is 48.0. The minimum absolute atomic E-state index is 0.0291. The van der Waals surface area contributed by atoms with Crippen molar-refractivity contribution in [3.63, 3.8) is 0 Å². The molecule has 0 bridgehead atoms. The quantitative estimate of drug-likeness (QED) is 0.0769. The molecule has 0 spiro atoms. The third kappa shape index (κ3) is 12.1. The Kier molecular flexibility index (Phi) is 15.6. The maximum atomic E-state index is 13.5. The Morgan fingerprint density at radius 1 is 0.570 bits per heavy atom. The van der Waals surface area contributed by atoms with Crippen molar-refractivity contribution in [3.05, 3.63) is 146 Å². The highest BCUT2D eigenvalue weighted by Crippen LogP contribution is 2.42. The molecule has 0 saturated heterocycles. The number of rotatable bonds is 18. The zero-order valence-electron chi connectivity index (χ0n) is 44.4. The third-order valence-electron chi connectivity index (χ3n) is 15.9. The second-order valence-electron chi connectivity index (χ2n) is 21.3. The molecule has 2 unspecified atom stereocenters. The molecule has 12 rings (SSSR count). The first-order valence-corrected chi connectivity index (χ1v) is 27.3. The number of nitrogen functional groups attached to an aromatic ring is 2. The first kappa shape index (κ1) is 52.8. The van der Waals surface area contributed by atoms with Crippen LogP contribution in [0.2, 0.25) is 0 Å². The van der Waals surface area contributed by atoms with Crippen molar-refractivity contribution in [2.45, 2.75) is 94.8 Å². The Labute approximate surface area is 457 Å². The van der Waals surface area contributed by atoms with Crippen LogP contribution < -0.4 is 20.9 Å². The van der Waals surface area contributed by atoms with Gasteiger partial charge in [-0.25, -0.2) is 38.1 Å². The van der Waals surface area contributed by atoms with E-state index in [1.54, 1.807) is 36.4 Å². The van der Waals surface area contributed by atoms with Gasteiger partial charge < -0.3 is 20.9 Å². The average Bonchev–Trinajstić information content (AvgIpc) is 3.82. The maximum absolute atomic E-state index is 13.5. The van der Waals surface area contributed by atoms with Crippen LogP contribution in [0.1, 0.15) is 82.7 Å². The number of aromatic nitrogens is 8. The highest BCUT2D eigenvalue weighted by atomic mass is 19.1. The van der Waals surface area contributed by atoms with E-state index in [4.69, 9.17) is 31.1 Å². The van der Waals surface area contributed by atoms with Gasteiger partial charge >= 0.3 is 0 Å². The van der Waals surface area contributed by atoms with Crippen LogP contribution in [0.5, 0.6) is 23.0 Å². The molecule has 18 heteroatoms. The largest absolute Gasteiger partial charge is 0.457 e. The SMILES string of the molecule is CN(C/C=C/C(=O)C1CC[C@@H](n2nc(-c3ccc(Oc4cccc(F)c4)cc3)c3c(N)ncnc32)C1)C1CC1.CN(C/C=C/C(=O)C1CC[C@@H](n2nc(-c3ccc(Oc4cccc(F)c4)cc3)c3c(N)ncnc32)C1)C1CCC1. The van der Waals surface area contributed by atoms with E-state index in [9.17, 15) is 18.4 Å². The second-order valence-corrected chi connectivity index (χ2v) is 21.3. The van der Waals surface area contributed by atoms with Crippen molar-refractivity contribution in [1.82, 2.24) is 49.3 Å². The number of likely N-dealkylation sites (N-methyl/N-ethyl adjacent to an activating group) is 2. The minimum atomic E-state index is -0.357. The van der Waals surface area contributed by atoms with Gasteiger partial charge in [0.2, 0.25) is 0 Å². The molecule has 4 atom stereocenters. The lowest BCUT2D eigenvalue weighted by Crippen LogP contribution is -2.37. The van der Waals surface area contributed by atoms with Crippen molar-refractivity contribution in [2.24, 2.45) is 11.8 Å². The highest BCUT2D eigenvalue weighted by molar-refractivity contribution is 5.99. The van der Waals surface area contributed by atoms with Crippen molar-refractivity contribution in [3.8, 4) is 45.5 Å². The van der Waals surface area contributed by atoms with Gasteiger partial charge in [-0.3, -0.25) is 19.4 Å². The maximum Gasteiger partial charge on any atom is 0.164 e. The first-order valence-electron chi connectivity index (χ1n) is 27.3. The van der Waals surface area contributed by atoms with Crippen LogP contribution in [0.4, 0.5) is 20.4 Å². The molecule has 4 heterocycles. The molecule has 4 aliphatic carbocycles. The number of carbonyl (C=O) groups is 2. The number of anilines is 2. The normalized spacial score (nSPS) is 19.4. The molecule has 79 heavy (non-hydrogen) atoms. The first-order chi connectivity index (χ1) is 38.4. The Hall–Kier alpha value is -8.22. The number of hydrogen-bond acceptors (Lipinski definition) is 14. The van der Waals surface area contributed by atoms with Crippen LogP contribution in [0.15, 0.2) is 134 Å². The predicted octanol–water partition coefficient (Wildman–Crippen LogP) is 11.5. The molecule has 4 N–H and O–H groups in total. The van der Waals surface area contributed by atoms with Gasteiger partial charge in [0.05, 0.1) is 22.9 Å². The Balaban J connectivity index is 0.000000167. The average molecular weight is 1070 g/mol. The monoisotopic (exact) mass is 1070 g/mol. The van der Waals surface area contributed by atoms with Crippen LogP contribution in [0.25, 0.3) is 44.6 Å². The van der Waals surface area contributed by atoms with Crippen LogP contribution >= 0.6 is 0 Å². The van der Waals surface area contributed by atoms with Gasteiger partial charge in [0.1, 0.15) is 70.3 Å². The van der Waals surface area contributed by atoms with Crippen LogP contribution in [0.3, 0.4) is 0 Å². The third-order valence-corrected chi connectivity index (χ3v) is 15.9. The van der Waals surface area contributed by atoms with Crippen molar-refractivity contribution < 1.29 is 27.8 Å². The zero-order chi connectivity index (χ0) is 54.6. The molecule has 0 amide bonds. The number of hydrogen-bond donors (Lipinski definition) is 2. The van der Waals surface area contributed by atoms with E-state index in [2.05, 4.69) is 43.8 Å². The van der Waals surface area contributed by atoms with E-state index in [1.807, 2.05) is 70.0 Å². The fourth-order valence-electron chi connectivity index (χ4n) is 11.1. The molecule has 16 nitrogen and oxygen atoms in total. The summed E-state index contributed by atoms with van der Waals surface area (Å²) in [5.41, 5.74) is 17.0. The van der Waals surface area contributed by atoms with Crippen LogP contribution in [-0.4, -0.2) is 100 Å². The van der Waals surface area contributed by atoms with E-state index in [1.165, 1.54) is 69.0 Å². The van der Waals surface area contributed by atoms with Gasteiger partial charge in [-0.05, 0) is 163 Å². The van der Waals surface area contributed by atoms with E-state index in [0.29, 0.717) is 93.0 Å². The lowest BCUT2D eigenvalue weighted by Gasteiger charge is -2.33. The van der Waals surface area contributed by atoms with Gasteiger partial charge in [0, 0.05) is 60.3 Å². The molecular weight excluding hydrogens is 1000 g/mol. The number of carbonyl (C=O) groups excluding carboxylic acids is 2. The van der Waals surface area contributed by atoms with Gasteiger partial charge in [-0.1, -0.05) is 30.7 Å². The molecule has 0 radical (unpaired) electrons. The Morgan fingerprint density at radius 2 is 1.00 bits per heavy atom. The van der Waals surface area contributed by atoms with E-state index >= 15 is 0 Å². The lowest BCUT2D eigenvalue weighted by atomic mass is 9.92. The summed E-state index contributed by atoms with van der Waals surface area (Å²) in [6.45, 7) is 1.62. The molecule has 4 aromatic heterocycles. The number of ether oxygens (including phenoxy) is 2. The number of nitrogens with zero attached hydrogens (tertiary/aromatic N) is 10. The Bertz CT molecular complexity index is 3540. The number of halogens is 2. The number of fused-ring (bicyclic) bond motifs is 2. The number of benzene rings is 4. The van der Waals surface area contributed by atoms with E-state index in [-0.39, 0.29) is 47.1 Å². The molecule has 4 aromatic carbocycles. The summed E-state index contributed by atoms with van der Waals surface area (Å²) >= 11 is 0. The second kappa shape index (κ2) is 23.4. The van der Waals surface area contributed by atoms with E-state index in [0.717, 1.165) is 49.9 Å². The van der Waals surface area contributed by atoms with Gasteiger partial charge in [-0.15, -0.1) is 0 Å². The summed E-state index contributed by atoms with van der Waals surface area (Å²) < 4.78 is 42.4.